The molecule has 17 heavy (non-hydrogen) atoms. The highest BCUT2D eigenvalue weighted by Gasteiger charge is 2.31. The van der Waals surface area contributed by atoms with Gasteiger partial charge < -0.3 is 10.7 Å². The molecular weight excluding hydrogens is 238 g/mol. The van der Waals surface area contributed by atoms with Gasteiger partial charge in [-0.25, -0.2) is 9.37 Å². The number of alkyl halides is 3. The van der Waals surface area contributed by atoms with E-state index in [1.165, 1.54) is 6.20 Å². The number of anilines is 1. The lowest BCUT2D eigenvalue weighted by Gasteiger charge is -2.08. The van der Waals surface area contributed by atoms with Gasteiger partial charge in [0.1, 0.15) is 5.82 Å². The molecule has 0 atom stereocenters. The second-order valence-electron chi connectivity index (χ2n) is 3.37. The van der Waals surface area contributed by atoms with Crippen molar-refractivity contribution in [2.75, 3.05) is 5.73 Å². The van der Waals surface area contributed by atoms with Crippen molar-refractivity contribution >= 4 is 5.95 Å². The molecule has 0 saturated heterocycles. The minimum atomic E-state index is -4.56. The van der Waals surface area contributed by atoms with E-state index >= 15 is 0 Å². The molecule has 0 aliphatic carbocycles. The van der Waals surface area contributed by atoms with E-state index in [2.05, 4.69) is 9.97 Å². The van der Waals surface area contributed by atoms with Gasteiger partial charge in [-0.05, 0) is 18.2 Å². The minimum Gasteiger partial charge on any atom is -0.369 e. The van der Waals surface area contributed by atoms with E-state index in [0.29, 0.717) is 6.07 Å². The number of benzene rings is 1. The first-order chi connectivity index (χ1) is 7.88. The van der Waals surface area contributed by atoms with Crippen LogP contribution in [-0.2, 0) is 6.18 Å². The van der Waals surface area contributed by atoms with Crippen LogP contribution in [0.1, 0.15) is 5.56 Å². The molecular formula is C10H7F4N3. The molecule has 0 fully saturated rings. The maximum atomic E-state index is 13.5. The maximum absolute atomic E-state index is 13.5. The van der Waals surface area contributed by atoms with Crippen molar-refractivity contribution in [3.8, 4) is 11.3 Å². The number of nitrogen functional groups attached to an aromatic ring is 1. The normalized spacial score (nSPS) is 11.8. The van der Waals surface area contributed by atoms with Crippen LogP contribution in [0.15, 0.2) is 24.4 Å². The van der Waals surface area contributed by atoms with E-state index in [1.807, 2.05) is 0 Å². The Balaban J connectivity index is 2.45. The number of hydrogen-bond donors (Lipinski definition) is 2. The van der Waals surface area contributed by atoms with E-state index in [-0.39, 0.29) is 17.2 Å². The SMILES string of the molecule is Nc1ncc(-c2ccc(C(F)(F)F)cc2F)[nH]1. The number of nitrogens with zero attached hydrogens (tertiary/aromatic N) is 1. The molecule has 1 aromatic carbocycles. The summed E-state index contributed by atoms with van der Waals surface area (Å²) in [6.07, 6.45) is -3.31. The number of imidazole rings is 1. The molecule has 0 spiro atoms. The van der Waals surface area contributed by atoms with Crippen LogP contribution in [0, 0.1) is 5.82 Å². The van der Waals surface area contributed by atoms with Crippen molar-refractivity contribution in [2.45, 2.75) is 6.18 Å². The predicted molar refractivity (Wildman–Crippen MR) is 53.4 cm³/mol. The molecule has 2 rings (SSSR count). The van der Waals surface area contributed by atoms with Gasteiger partial charge in [-0.1, -0.05) is 0 Å². The third-order valence-electron chi connectivity index (χ3n) is 2.18. The lowest BCUT2D eigenvalue weighted by Crippen LogP contribution is -2.05. The highest BCUT2D eigenvalue weighted by molar-refractivity contribution is 5.61. The largest absolute Gasteiger partial charge is 0.416 e. The predicted octanol–water partition coefficient (Wildman–Crippen LogP) is 2.82. The Hall–Kier alpha value is -2.05. The molecule has 2 aromatic rings. The molecule has 0 aliphatic heterocycles. The number of halogens is 4. The Bertz CT molecular complexity index is 545. The van der Waals surface area contributed by atoms with Gasteiger partial charge in [-0.3, -0.25) is 0 Å². The average molecular weight is 245 g/mol. The highest BCUT2D eigenvalue weighted by Crippen LogP contribution is 2.32. The van der Waals surface area contributed by atoms with Crippen molar-refractivity contribution in [1.29, 1.82) is 0 Å². The zero-order valence-corrected chi connectivity index (χ0v) is 8.35. The number of aromatic nitrogens is 2. The fourth-order valence-electron chi connectivity index (χ4n) is 1.38. The Morgan fingerprint density at radius 3 is 2.41 bits per heavy atom. The van der Waals surface area contributed by atoms with Crippen LogP contribution in [0.25, 0.3) is 11.3 Å². The van der Waals surface area contributed by atoms with E-state index in [9.17, 15) is 17.6 Å². The van der Waals surface area contributed by atoms with Gasteiger partial charge in [0.2, 0.25) is 0 Å². The van der Waals surface area contributed by atoms with Crippen LogP contribution in [0.4, 0.5) is 23.5 Å². The zero-order chi connectivity index (χ0) is 12.6. The van der Waals surface area contributed by atoms with E-state index in [1.54, 1.807) is 0 Å². The number of hydrogen-bond acceptors (Lipinski definition) is 2. The van der Waals surface area contributed by atoms with Gasteiger partial charge in [0.15, 0.2) is 5.95 Å². The summed E-state index contributed by atoms with van der Waals surface area (Å²) >= 11 is 0. The van der Waals surface area contributed by atoms with Gasteiger partial charge >= 0.3 is 6.18 Å². The van der Waals surface area contributed by atoms with Crippen LogP contribution in [0.3, 0.4) is 0 Å². The smallest absolute Gasteiger partial charge is 0.369 e. The summed E-state index contributed by atoms with van der Waals surface area (Å²) in [6, 6.07) is 2.27. The van der Waals surface area contributed by atoms with Gasteiger partial charge in [0.05, 0.1) is 17.5 Å². The molecule has 90 valence electrons. The van der Waals surface area contributed by atoms with Crippen LogP contribution in [-0.4, -0.2) is 9.97 Å². The highest BCUT2D eigenvalue weighted by atomic mass is 19.4. The average Bonchev–Trinajstić information content (AvgIpc) is 2.63. The lowest BCUT2D eigenvalue weighted by atomic mass is 10.1. The van der Waals surface area contributed by atoms with Gasteiger partial charge in [-0.15, -0.1) is 0 Å². The summed E-state index contributed by atoms with van der Waals surface area (Å²) in [6.45, 7) is 0. The van der Waals surface area contributed by atoms with Crippen molar-refractivity contribution in [3.63, 3.8) is 0 Å². The van der Waals surface area contributed by atoms with Crippen molar-refractivity contribution in [1.82, 2.24) is 9.97 Å². The fourth-order valence-corrected chi connectivity index (χ4v) is 1.38. The second kappa shape index (κ2) is 3.76. The summed E-state index contributed by atoms with van der Waals surface area (Å²) in [5.74, 6) is -0.914. The number of nitrogens with two attached hydrogens (primary N) is 1. The van der Waals surface area contributed by atoms with E-state index < -0.39 is 17.6 Å². The molecule has 3 N–H and O–H groups in total. The fraction of sp³-hybridized carbons (Fsp3) is 0.100. The van der Waals surface area contributed by atoms with Crippen molar-refractivity contribution < 1.29 is 17.6 Å². The first kappa shape index (κ1) is 11.4. The van der Waals surface area contributed by atoms with Crippen LogP contribution in [0.2, 0.25) is 0 Å². The molecule has 3 nitrogen and oxygen atoms in total. The molecule has 0 radical (unpaired) electrons. The molecule has 0 bridgehead atoms. The number of rotatable bonds is 1. The molecule has 1 aromatic heterocycles. The van der Waals surface area contributed by atoms with Gasteiger partial charge in [-0.2, -0.15) is 13.2 Å². The maximum Gasteiger partial charge on any atom is 0.416 e. The third-order valence-corrected chi connectivity index (χ3v) is 2.18. The lowest BCUT2D eigenvalue weighted by molar-refractivity contribution is -0.137. The third kappa shape index (κ3) is 2.22. The summed E-state index contributed by atoms with van der Waals surface area (Å²) in [5, 5.41) is 0. The summed E-state index contributed by atoms with van der Waals surface area (Å²) in [4.78, 5) is 6.18. The Morgan fingerprint density at radius 1 is 1.24 bits per heavy atom. The Labute approximate surface area is 93.3 Å². The molecule has 1 heterocycles. The minimum absolute atomic E-state index is 0.0119. The van der Waals surface area contributed by atoms with Crippen molar-refractivity contribution in [2.24, 2.45) is 0 Å². The van der Waals surface area contributed by atoms with Crippen LogP contribution >= 0.6 is 0 Å². The molecule has 7 heteroatoms. The number of H-pyrrole nitrogens is 1. The monoisotopic (exact) mass is 245 g/mol. The first-order valence-electron chi connectivity index (χ1n) is 4.55. The number of nitrogens with one attached hydrogen (secondary N) is 1. The molecule has 0 saturated carbocycles. The summed E-state index contributed by atoms with van der Waals surface area (Å²) in [5.41, 5.74) is 4.48. The van der Waals surface area contributed by atoms with Gasteiger partial charge in [0.25, 0.3) is 0 Å². The number of aromatic amines is 1. The van der Waals surface area contributed by atoms with E-state index in [0.717, 1.165) is 12.1 Å². The standard InChI is InChI=1S/C10H7F4N3/c11-7-3-5(10(12,13)14)1-2-6(7)8-4-16-9(15)17-8/h1-4H,(H3,15,16,17). The van der Waals surface area contributed by atoms with Crippen LogP contribution < -0.4 is 5.73 Å². The zero-order valence-electron chi connectivity index (χ0n) is 8.35. The summed E-state index contributed by atoms with van der Waals surface area (Å²) < 4.78 is 50.4. The van der Waals surface area contributed by atoms with Crippen molar-refractivity contribution in [3.05, 3.63) is 35.8 Å². The summed E-state index contributed by atoms with van der Waals surface area (Å²) in [7, 11) is 0. The quantitative estimate of drug-likeness (QED) is 0.759. The molecule has 0 amide bonds. The van der Waals surface area contributed by atoms with Crippen LogP contribution in [0.5, 0.6) is 0 Å². The van der Waals surface area contributed by atoms with Gasteiger partial charge in [0, 0.05) is 5.56 Å². The second-order valence-corrected chi connectivity index (χ2v) is 3.37. The topological polar surface area (TPSA) is 54.7 Å². The first-order valence-corrected chi connectivity index (χ1v) is 4.55. The molecule has 0 unspecified atom stereocenters. The van der Waals surface area contributed by atoms with E-state index in [4.69, 9.17) is 5.73 Å². The Kier molecular flexibility index (Phi) is 2.53. The Morgan fingerprint density at radius 2 is 1.94 bits per heavy atom. The molecule has 0 aliphatic rings.